The first-order chi connectivity index (χ1) is 6.52. The van der Waals surface area contributed by atoms with E-state index in [4.69, 9.17) is 5.26 Å². The van der Waals surface area contributed by atoms with Crippen LogP contribution < -0.4 is 0 Å². The second-order valence-electron chi connectivity index (χ2n) is 4.56. The van der Waals surface area contributed by atoms with Gasteiger partial charge in [-0.1, -0.05) is 13.8 Å². The summed E-state index contributed by atoms with van der Waals surface area (Å²) in [7, 11) is -1.96. The van der Waals surface area contributed by atoms with Gasteiger partial charge < -0.3 is 4.57 Å². The first-order valence-corrected chi connectivity index (χ1v) is 7.75. The van der Waals surface area contributed by atoms with Gasteiger partial charge in [0.05, 0.1) is 13.2 Å². The molecule has 1 aliphatic rings. The second-order valence-corrected chi connectivity index (χ2v) is 8.26. The standard InChI is InChI=1S/C11H20NOP/c1-4-14(13,5-2)9-11(6-7-11)10(3)8-12/h10H,4-7,9H2,1-3H3. The summed E-state index contributed by atoms with van der Waals surface area (Å²) in [6.07, 6.45) is 4.60. The van der Waals surface area contributed by atoms with Gasteiger partial charge in [0.25, 0.3) is 0 Å². The minimum absolute atomic E-state index is 0.0777. The molecule has 80 valence electrons. The van der Waals surface area contributed by atoms with E-state index in [-0.39, 0.29) is 11.3 Å². The number of rotatable bonds is 5. The Morgan fingerprint density at radius 3 is 2.21 bits per heavy atom. The molecule has 1 fully saturated rings. The van der Waals surface area contributed by atoms with Crippen LogP contribution in [-0.2, 0) is 4.57 Å². The number of hydrogen-bond acceptors (Lipinski definition) is 2. The summed E-state index contributed by atoms with van der Waals surface area (Å²) in [5, 5.41) is 8.91. The fourth-order valence-corrected chi connectivity index (χ4v) is 4.68. The van der Waals surface area contributed by atoms with Crippen LogP contribution in [0.4, 0.5) is 0 Å². The first kappa shape index (κ1) is 11.8. The Morgan fingerprint density at radius 1 is 1.43 bits per heavy atom. The Morgan fingerprint density at radius 2 is 1.93 bits per heavy atom. The maximum atomic E-state index is 12.3. The molecule has 1 saturated carbocycles. The van der Waals surface area contributed by atoms with Crippen molar-refractivity contribution in [2.24, 2.45) is 11.3 Å². The Bertz CT molecular complexity index is 280. The maximum absolute atomic E-state index is 12.3. The van der Waals surface area contributed by atoms with E-state index in [0.29, 0.717) is 0 Å². The average molecular weight is 213 g/mol. The van der Waals surface area contributed by atoms with Crippen LogP contribution in [0.1, 0.15) is 33.6 Å². The van der Waals surface area contributed by atoms with Crippen LogP contribution in [0.3, 0.4) is 0 Å². The number of hydrogen-bond donors (Lipinski definition) is 0. The molecule has 0 bridgehead atoms. The number of nitriles is 1. The Labute approximate surface area is 87.1 Å². The van der Waals surface area contributed by atoms with Gasteiger partial charge in [0.2, 0.25) is 0 Å². The lowest BCUT2D eigenvalue weighted by Crippen LogP contribution is -2.17. The summed E-state index contributed by atoms with van der Waals surface area (Å²) in [6, 6.07) is 2.32. The molecule has 0 spiro atoms. The van der Waals surface area contributed by atoms with E-state index in [1.807, 2.05) is 20.8 Å². The lowest BCUT2D eigenvalue weighted by atomic mass is 9.94. The predicted molar refractivity (Wildman–Crippen MR) is 60.0 cm³/mol. The highest BCUT2D eigenvalue weighted by atomic mass is 31.2. The summed E-state index contributed by atoms with van der Waals surface area (Å²) in [6.45, 7) is 6.00. The van der Waals surface area contributed by atoms with Gasteiger partial charge in [0.15, 0.2) is 0 Å². The van der Waals surface area contributed by atoms with Gasteiger partial charge in [-0.2, -0.15) is 5.26 Å². The molecule has 3 heteroatoms. The highest BCUT2D eigenvalue weighted by Gasteiger charge is 2.50. The van der Waals surface area contributed by atoms with Crippen molar-refractivity contribution in [3.05, 3.63) is 0 Å². The van der Waals surface area contributed by atoms with Crippen LogP contribution in [0.25, 0.3) is 0 Å². The van der Waals surface area contributed by atoms with Crippen molar-refractivity contribution in [2.45, 2.75) is 33.6 Å². The third-order valence-electron chi connectivity index (χ3n) is 3.76. The van der Waals surface area contributed by atoms with Crippen LogP contribution in [0.5, 0.6) is 0 Å². The van der Waals surface area contributed by atoms with Crippen molar-refractivity contribution in [3.63, 3.8) is 0 Å². The summed E-state index contributed by atoms with van der Waals surface area (Å²) in [5.41, 5.74) is 0.121. The van der Waals surface area contributed by atoms with E-state index in [1.165, 1.54) is 0 Å². The Kier molecular flexibility index (Phi) is 3.43. The van der Waals surface area contributed by atoms with E-state index in [9.17, 15) is 4.57 Å². The van der Waals surface area contributed by atoms with E-state index in [1.54, 1.807) is 0 Å². The molecule has 0 aliphatic heterocycles. The molecule has 0 aromatic heterocycles. The van der Waals surface area contributed by atoms with Gasteiger partial charge in [0.1, 0.15) is 0 Å². The largest absolute Gasteiger partial charge is 0.324 e. The van der Waals surface area contributed by atoms with Gasteiger partial charge in [-0.15, -0.1) is 0 Å². The fourth-order valence-electron chi connectivity index (χ4n) is 2.05. The molecule has 14 heavy (non-hydrogen) atoms. The zero-order valence-electron chi connectivity index (χ0n) is 9.42. The molecule has 1 unspecified atom stereocenters. The van der Waals surface area contributed by atoms with E-state index in [2.05, 4.69) is 6.07 Å². The van der Waals surface area contributed by atoms with Crippen molar-refractivity contribution >= 4 is 7.14 Å². The molecule has 0 saturated heterocycles. The molecule has 1 aliphatic carbocycles. The summed E-state index contributed by atoms with van der Waals surface area (Å²) in [4.78, 5) is 0. The second kappa shape index (κ2) is 4.07. The van der Waals surface area contributed by atoms with E-state index >= 15 is 0 Å². The number of nitrogens with zero attached hydrogens (tertiary/aromatic N) is 1. The van der Waals surface area contributed by atoms with Gasteiger partial charge >= 0.3 is 0 Å². The molecule has 0 aromatic carbocycles. The zero-order chi connectivity index (χ0) is 10.8. The third-order valence-corrected chi connectivity index (χ3v) is 7.27. The highest BCUT2D eigenvalue weighted by molar-refractivity contribution is 7.63. The molecule has 2 nitrogen and oxygen atoms in total. The zero-order valence-corrected chi connectivity index (χ0v) is 10.3. The molecule has 1 atom stereocenters. The van der Waals surface area contributed by atoms with Crippen LogP contribution in [0.2, 0.25) is 0 Å². The smallest absolute Gasteiger partial charge is 0.0878 e. The first-order valence-electron chi connectivity index (χ1n) is 5.48. The van der Waals surface area contributed by atoms with Crippen molar-refractivity contribution in [1.82, 2.24) is 0 Å². The molecular formula is C11H20NOP. The minimum atomic E-state index is -1.96. The van der Waals surface area contributed by atoms with Gasteiger partial charge in [-0.25, -0.2) is 0 Å². The van der Waals surface area contributed by atoms with E-state index in [0.717, 1.165) is 31.3 Å². The summed E-state index contributed by atoms with van der Waals surface area (Å²) in [5.74, 6) is 0.0777. The average Bonchev–Trinajstić information content (AvgIpc) is 2.97. The van der Waals surface area contributed by atoms with Gasteiger partial charge in [-0.05, 0) is 37.5 Å². The quantitative estimate of drug-likeness (QED) is 0.657. The molecule has 0 heterocycles. The Balaban J connectivity index is 2.69. The summed E-state index contributed by atoms with van der Waals surface area (Å²) >= 11 is 0. The van der Waals surface area contributed by atoms with Crippen LogP contribution in [0, 0.1) is 22.7 Å². The topological polar surface area (TPSA) is 40.9 Å². The molecular weight excluding hydrogens is 193 g/mol. The predicted octanol–water partition coefficient (Wildman–Crippen LogP) is 3.33. The molecule has 0 aromatic rings. The lowest BCUT2D eigenvalue weighted by molar-refractivity contribution is 0.444. The minimum Gasteiger partial charge on any atom is -0.324 e. The third kappa shape index (κ3) is 2.20. The van der Waals surface area contributed by atoms with Crippen molar-refractivity contribution in [2.75, 3.05) is 18.5 Å². The van der Waals surface area contributed by atoms with Crippen LogP contribution in [-0.4, -0.2) is 18.5 Å². The van der Waals surface area contributed by atoms with Crippen molar-refractivity contribution < 1.29 is 4.57 Å². The molecule has 0 radical (unpaired) electrons. The lowest BCUT2D eigenvalue weighted by Gasteiger charge is -2.23. The highest BCUT2D eigenvalue weighted by Crippen LogP contribution is 2.62. The normalized spacial score (nSPS) is 21.3. The SMILES string of the molecule is CCP(=O)(CC)CC1(C(C)C#N)CC1. The maximum Gasteiger partial charge on any atom is 0.0878 e. The van der Waals surface area contributed by atoms with Gasteiger partial charge in [0, 0.05) is 12.1 Å². The monoisotopic (exact) mass is 213 g/mol. The molecule has 0 N–H and O–H groups in total. The Hall–Kier alpha value is -0.280. The molecule has 0 amide bonds. The van der Waals surface area contributed by atoms with E-state index < -0.39 is 7.14 Å². The summed E-state index contributed by atoms with van der Waals surface area (Å²) < 4.78 is 12.3. The molecule has 1 rings (SSSR count). The van der Waals surface area contributed by atoms with Crippen LogP contribution in [0.15, 0.2) is 0 Å². The van der Waals surface area contributed by atoms with Gasteiger partial charge in [-0.3, -0.25) is 0 Å². The van der Waals surface area contributed by atoms with Crippen molar-refractivity contribution in [3.8, 4) is 6.07 Å². The van der Waals surface area contributed by atoms with Crippen molar-refractivity contribution in [1.29, 1.82) is 5.26 Å². The fraction of sp³-hybridized carbons (Fsp3) is 0.909. The van der Waals surface area contributed by atoms with Crippen LogP contribution >= 0.6 is 7.14 Å².